The van der Waals surface area contributed by atoms with E-state index in [4.69, 9.17) is 0 Å². The van der Waals surface area contributed by atoms with Crippen molar-refractivity contribution in [2.75, 3.05) is 6.54 Å². The monoisotopic (exact) mass is 372 g/mol. The van der Waals surface area contributed by atoms with Gasteiger partial charge in [0.05, 0.1) is 6.54 Å². The number of carbonyl (C=O) groups is 2. The quantitative estimate of drug-likeness (QED) is 0.748. The minimum atomic E-state index is -0.0101. The summed E-state index contributed by atoms with van der Waals surface area (Å²) in [6, 6.07) is 0.243. The van der Waals surface area contributed by atoms with Crippen LogP contribution >= 0.6 is 0 Å². The van der Waals surface area contributed by atoms with Gasteiger partial charge in [-0.1, -0.05) is 6.42 Å². The molecule has 4 heteroatoms. The summed E-state index contributed by atoms with van der Waals surface area (Å²) in [4.78, 5) is 24.9. The predicted molar refractivity (Wildman–Crippen MR) is 105 cm³/mol. The van der Waals surface area contributed by atoms with E-state index in [0.717, 1.165) is 29.6 Å². The van der Waals surface area contributed by atoms with E-state index >= 15 is 0 Å². The van der Waals surface area contributed by atoms with Gasteiger partial charge in [0.2, 0.25) is 11.8 Å². The molecule has 0 aromatic heterocycles. The number of hydrogen-bond donors (Lipinski definition) is 2. The first-order valence-electron chi connectivity index (χ1n) is 11.5. The van der Waals surface area contributed by atoms with E-state index in [1.165, 1.54) is 64.2 Å². The first-order valence-corrected chi connectivity index (χ1v) is 11.5. The molecule has 4 unspecified atom stereocenters. The molecule has 2 amide bonds. The summed E-state index contributed by atoms with van der Waals surface area (Å²) in [7, 11) is 0. The lowest BCUT2D eigenvalue weighted by atomic mass is 9.49. The minimum Gasteiger partial charge on any atom is -0.352 e. The minimum absolute atomic E-state index is 0.0101. The maximum atomic E-state index is 12.6. The Balaban J connectivity index is 1.08. The number of amides is 2. The van der Waals surface area contributed by atoms with Crippen molar-refractivity contribution in [1.29, 1.82) is 0 Å². The van der Waals surface area contributed by atoms with Crippen molar-refractivity contribution in [3.8, 4) is 0 Å². The van der Waals surface area contributed by atoms with Gasteiger partial charge < -0.3 is 10.6 Å². The summed E-state index contributed by atoms with van der Waals surface area (Å²) >= 11 is 0. The highest BCUT2D eigenvalue weighted by atomic mass is 16.2. The summed E-state index contributed by atoms with van der Waals surface area (Å²) in [5.41, 5.74) is 0.256. The second-order valence-corrected chi connectivity index (χ2v) is 11.1. The number of carbonyl (C=O) groups excluding carboxylic acids is 2. The fourth-order valence-corrected chi connectivity index (χ4v) is 8.41. The zero-order chi connectivity index (χ0) is 18.6. The largest absolute Gasteiger partial charge is 0.352 e. The van der Waals surface area contributed by atoms with Crippen LogP contribution < -0.4 is 10.6 Å². The molecular weight excluding hydrogens is 336 g/mol. The standard InChI is InChI=1S/C23H36N2O2/c1-14(20-8-15-2-3-19(20)7-15)25-22(27)13-24-21(26)12-23-9-16-4-17(10-23)6-18(5-16)11-23/h14-20H,2-13H2,1H3,(H,24,26)(H,25,27). The average Bonchev–Trinajstić information content (AvgIpc) is 3.21. The molecule has 0 heterocycles. The van der Waals surface area contributed by atoms with Crippen LogP contribution in [0.3, 0.4) is 0 Å². The second kappa shape index (κ2) is 6.77. The normalized spacial score (nSPS) is 45.1. The van der Waals surface area contributed by atoms with Crippen LogP contribution in [-0.2, 0) is 9.59 Å². The lowest BCUT2D eigenvalue weighted by Gasteiger charge is -2.56. The molecule has 0 spiro atoms. The van der Waals surface area contributed by atoms with Crippen LogP contribution in [0.4, 0.5) is 0 Å². The lowest BCUT2D eigenvalue weighted by molar-refractivity contribution is -0.132. The molecule has 4 atom stereocenters. The van der Waals surface area contributed by atoms with E-state index in [2.05, 4.69) is 17.6 Å². The van der Waals surface area contributed by atoms with Crippen LogP contribution in [0.25, 0.3) is 0 Å². The van der Waals surface area contributed by atoms with Crippen LogP contribution in [0.2, 0.25) is 0 Å². The first-order chi connectivity index (χ1) is 13.0. The number of hydrogen-bond acceptors (Lipinski definition) is 2. The van der Waals surface area contributed by atoms with Gasteiger partial charge in [-0.2, -0.15) is 0 Å². The van der Waals surface area contributed by atoms with Crippen LogP contribution in [0.1, 0.15) is 77.6 Å². The molecule has 0 saturated heterocycles. The van der Waals surface area contributed by atoms with Gasteiger partial charge >= 0.3 is 0 Å². The van der Waals surface area contributed by atoms with Gasteiger partial charge in [0.25, 0.3) is 0 Å². The molecule has 6 saturated carbocycles. The zero-order valence-electron chi connectivity index (χ0n) is 16.8. The van der Waals surface area contributed by atoms with Gasteiger partial charge in [-0.25, -0.2) is 0 Å². The molecule has 6 aliphatic carbocycles. The van der Waals surface area contributed by atoms with Gasteiger partial charge in [-0.15, -0.1) is 0 Å². The number of rotatable bonds is 6. The van der Waals surface area contributed by atoms with E-state index in [9.17, 15) is 9.59 Å². The molecule has 4 nitrogen and oxygen atoms in total. The molecular formula is C23H36N2O2. The molecule has 27 heavy (non-hydrogen) atoms. The Morgan fingerprint density at radius 2 is 1.56 bits per heavy atom. The van der Waals surface area contributed by atoms with Crippen LogP contribution in [0, 0.1) is 40.9 Å². The highest BCUT2D eigenvalue weighted by Gasteiger charge is 2.51. The fourth-order valence-electron chi connectivity index (χ4n) is 8.41. The van der Waals surface area contributed by atoms with Gasteiger partial charge in [0.15, 0.2) is 0 Å². The average molecular weight is 373 g/mol. The van der Waals surface area contributed by atoms with Gasteiger partial charge in [0, 0.05) is 12.5 Å². The third-order valence-corrected chi connectivity index (χ3v) is 8.97. The zero-order valence-corrected chi connectivity index (χ0v) is 16.8. The molecule has 2 N–H and O–H groups in total. The van der Waals surface area contributed by atoms with E-state index in [1.807, 2.05) is 0 Å². The summed E-state index contributed by atoms with van der Waals surface area (Å²) in [6.07, 6.45) is 14.0. The first kappa shape index (κ1) is 18.0. The van der Waals surface area contributed by atoms with E-state index < -0.39 is 0 Å². The summed E-state index contributed by atoms with van der Waals surface area (Å²) in [5.74, 6) is 5.06. The molecule has 0 aromatic carbocycles. The summed E-state index contributed by atoms with van der Waals surface area (Å²) in [6.45, 7) is 2.30. The highest BCUT2D eigenvalue weighted by molar-refractivity contribution is 5.85. The SMILES string of the molecule is CC(NC(=O)CNC(=O)CC12CC3CC(CC(C3)C1)C2)C1CC2CCC1C2. The van der Waals surface area contributed by atoms with Crippen molar-refractivity contribution in [1.82, 2.24) is 10.6 Å². The lowest BCUT2D eigenvalue weighted by Crippen LogP contribution is -2.49. The van der Waals surface area contributed by atoms with E-state index in [-0.39, 0.29) is 29.8 Å². The Morgan fingerprint density at radius 3 is 2.11 bits per heavy atom. The van der Waals surface area contributed by atoms with E-state index in [1.54, 1.807) is 0 Å². The predicted octanol–water partition coefficient (Wildman–Crippen LogP) is 3.65. The Bertz CT molecular complexity index is 580. The Morgan fingerprint density at radius 1 is 0.889 bits per heavy atom. The van der Waals surface area contributed by atoms with Gasteiger partial charge in [-0.3, -0.25) is 9.59 Å². The second-order valence-electron chi connectivity index (χ2n) is 11.1. The molecule has 0 radical (unpaired) electrons. The van der Waals surface area contributed by atoms with Crippen molar-refractivity contribution in [2.45, 2.75) is 83.6 Å². The van der Waals surface area contributed by atoms with Crippen molar-refractivity contribution in [2.24, 2.45) is 40.9 Å². The maximum absolute atomic E-state index is 12.6. The highest BCUT2D eigenvalue weighted by Crippen LogP contribution is 2.61. The third-order valence-electron chi connectivity index (χ3n) is 8.97. The molecule has 6 aliphatic rings. The van der Waals surface area contributed by atoms with Crippen molar-refractivity contribution in [3.63, 3.8) is 0 Å². The molecule has 6 bridgehead atoms. The number of nitrogens with one attached hydrogen (secondary N) is 2. The Labute approximate surface area is 163 Å². The van der Waals surface area contributed by atoms with Crippen LogP contribution in [0.5, 0.6) is 0 Å². The van der Waals surface area contributed by atoms with Gasteiger partial charge in [-0.05, 0) is 106 Å². The van der Waals surface area contributed by atoms with Crippen molar-refractivity contribution < 1.29 is 9.59 Å². The molecule has 0 aliphatic heterocycles. The summed E-state index contributed by atoms with van der Waals surface area (Å²) < 4.78 is 0. The molecule has 0 aromatic rings. The third kappa shape index (κ3) is 3.53. The Kier molecular flexibility index (Phi) is 4.52. The van der Waals surface area contributed by atoms with Crippen LogP contribution in [-0.4, -0.2) is 24.4 Å². The molecule has 6 rings (SSSR count). The smallest absolute Gasteiger partial charge is 0.239 e. The number of fused-ring (bicyclic) bond motifs is 2. The van der Waals surface area contributed by atoms with Crippen molar-refractivity contribution in [3.05, 3.63) is 0 Å². The van der Waals surface area contributed by atoms with Gasteiger partial charge in [0.1, 0.15) is 0 Å². The van der Waals surface area contributed by atoms with E-state index in [0.29, 0.717) is 12.3 Å². The fraction of sp³-hybridized carbons (Fsp3) is 0.913. The summed E-state index contributed by atoms with van der Waals surface area (Å²) in [5, 5.41) is 6.10. The van der Waals surface area contributed by atoms with Crippen LogP contribution in [0.15, 0.2) is 0 Å². The topological polar surface area (TPSA) is 58.2 Å². The molecule has 6 fully saturated rings. The maximum Gasteiger partial charge on any atom is 0.239 e. The molecule has 150 valence electrons. The Hall–Kier alpha value is -1.06. The van der Waals surface area contributed by atoms with Crippen molar-refractivity contribution >= 4 is 11.8 Å².